The Morgan fingerprint density at radius 3 is 2.94 bits per heavy atom. The van der Waals surface area contributed by atoms with Gasteiger partial charge in [-0.05, 0) is 31.6 Å². The molecule has 0 bridgehead atoms. The second-order valence-corrected chi connectivity index (χ2v) is 4.92. The molecule has 1 fully saturated rings. The van der Waals surface area contributed by atoms with E-state index < -0.39 is 0 Å². The Kier molecular flexibility index (Phi) is 3.56. The Balaban J connectivity index is 1.97. The minimum Gasteiger partial charge on any atom is -0.396 e. The van der Waals surface area contributed by atoms with Gasteiger partial charge in [-0.25, -0.2) is 0 Å². The number of carbonyl (C=O) groups is 1. The van der Waals surface area contributed by atoms with Crippen molar-refractivity contribution < 1.29 is 9.90 Å². The molecule has 0 atom stereocenters. The van der Waals surface area contributed by atoms with Crippen LogP contribution in [0, 0.1) is 5.41 Å². The van der Waals surface area contributed by atoms with Crippen molar-refractivity contribution >= 4 is 11.6 Å². The molecule has 0 spiro atoms. The third kappa shape index (κ3) is 2.48. The van der Waals surface area contributed by atoms with E-state index in [2.05, 4.69) is 10.4 Å². The molecule has 1 aromatic heterocycles. The summed E-state index contributed by atoms with van der Waals surface area (Å²) in [4.78, 5) is 12.1. The number of carbonyl (C=O) groups excluding carboxylic acids is 1. The van der Waals surface area contributed by atoms with Crippen molar-refractivity contribution in [2.75, 3.05) is 18.9 Å². The number of nitrogens with zero attached hydrogens (tertiary/aromatic N) is 2. The van der Waals surface area contributed by atoms with E-state index in [4.69, 9.17) is 10.8 Å². The molecule has 6 nitrogen and oxygen atoms in total. The first-order chi connectivity index (χ1) is 8.62. The first kappa shape index (κ1) is 12.9. The molecule has 100 valence electrons. The van der Waals surface area contributed by atoms with Crippen molar-refractivity contribution in [3.8, 4) is 0 Å². The molecule has 1 amide bonds. The van der Waals surface area contributed by atoms with Crippen LogP contribution in [-0.2, 0) is 6.54 Å². The van der Waals surface area contributed by atoms with Gasteiger partial charge in [-0.3, -0.25) is 9.48 Å². The molecule has 6 heteroatoms. The van der Waals surface area contributed by atoms with Crippen LogP contribution in [0.2, 0.25) is 0 Å². The van der Waals surface area contributed by atoms with Crippen LogP contribution in [0.3, 0.4) is 0 Å². The number of amides is 1. The molecule has 1 aliphatic rings. The summed E-state index contributed by atoms with van der Waals surface area (Å²) in [6.07, 6.45) is 4.38. The maximum absolute atomic E-state index is 12.1. The molecule has 1 heterocycles. The van der Waals surface area contributed by atoms with Crippen molar-refractivity contribution in [1.82, 2.24) is 15.1 Å². The van der Waals surface area contributed by atoms with Gasteiger partial charge in [0, 0.05) is 19.7 Å². The van der Waals surface area contributed by atoms with Gasteiger partial charge in [-0.15, -0.1) is 0 Å². The van der Waals surface area contributed by atoms with Crippen LogP contribution in [0.25, 0.3) is 0 Å². The molecule has 4 N–H and O–H groups in total. The Morgan fingerprint density at radius 2 is 2.39 bits per heavy atom. The maximum Gasteiger partial charge on any atom is 0.271 e. The summed E-state index contributed by atoms with van der Waals surface area (Å²) in [6, 6.07) is 0. The van der Waals surface area contributed by atoms with Crippen LogP contribution in [0.5, 0.6) is 0 Å². The lowest BCUT2D eigenvalue weighted by Gasteiger charge is -2.15. The van der Waals surface area contributed by atoms with E-state index in [0.717, 1.165) is 19.3 Å². The quantitative estimate of drug-likeness (QED) is 0.682. The fourth-order valence-corrected chi connectivity index (χ4v) is 2.17. The Morgan fingerprint density at radius 1 is 1.67 bits per heavy atom. The number of nitrogens with two attached hydrogens (primary N) is 1. The normalized spacial score (nSPS) is 16.6. The highest BCUT2D eigenvalue weighted by Gasteiger charge is 2.42. The predicted molar refractivity (Wildman–Crippen MR) is 68.0 cm³/mol. The molecular formula is C12H20N4O2. The summed E-state index contributed by atoms with van der Waals surface area (Å²) in [7, 11) is 0. The first-order valence-corrected chi connectivity index (χ1v) is 6.32. The van der Waals surface area contributed by atoms with Crippen LogP contribution in [0.1, 0.15) is 36.7 Å². The highest BCUT2D eigenvalue weighted by atomic mass is 16.3. The van der Waals surface area contributed by atoms with E-state index in [9.17, 15) is 4.79 Å². The zero-order valence-corrected chi connectivity index (χ0v) is 10.6. The van der Waals surface area contributed by atoms with Crippen LogP contribution in [-0.4, -0.2) is 33.9 Å². The van der Waals surface area contributed by atoms with Gasteiger partial charge in [0.05, 0.1) is 11.9 Å². The van der Waals surface area contributed by atoms with Gasteiger partial charge in [0.15, 0.2) is 0 Å². The smallest absolute Gasteiger partial charge is 0.271 e. The lowest BCUT2D eigenvalue weighted by molar-refractivity contribution is 0.0931. The topological polar surface area (TPSA) is 93.2 Å². The van der Waals surface area contributed by atoms with Gasteiger partial charge < -0.3 is 16.2 Å². The maximum atomic E-state index is 12.1. The van der Waals surface area contributed by atoms with E-state index in [1.165, 1.54) is 6.20 Å². The van der Waals surface area contributed by atoms with Crippen molar-refractivity contribution in [3.63, 3.8) is 0 Å². The van der Waals surface area contributed by atoms with E-state index in [1.54, 1.807) is 4.68 Å². The minimum atomic E-state index is -0.184. The van der Waals surface area contributed by atoms with Crippen LogP contribution >= 0.6 is 0 Å². The minimum absolute atomic E-state index is 0.107. The molecule has 1 aliphatic carbocycles. The zero-order chi connectivity index (χ0) is 13.2. The number of hydrogen-bond donors (Lipinski definition) is 3. The Labute approximate surface area is 106 Å². The number of aromatic nitrogens is 2. The van der Waals surface area contributed by atoms with E-state index in [0.29, 0.717) is 24.5 Å². The van der Waals surface area contributed by atoms with Gasteiger partial charge in [0.25, 0.3) is 5.91 Å². The van der Waals surface area contributed by atoms with Gasteiger partial charge in [-0.1, -0.05) is 0 Å². The van der Waals surface area contributed by atoms with Crippen molar-refractivity contribution in [3.05, 3.63) is 11.9 Å². The summed E-state index contributed by atoms with van der Waals surface area (Å²) in [5.74, 6) is -0.184. The number of rotatable bonds is 6. The standard InChI is InChI=1S/C12H20N4O2/c1-2-16-10(9(13)7-15-16)11(18)14-8-12(3-4-12)5-6-17/h7,17H,2-6,8,13H2,1H3,(H,14,18). The average molecular weight is 252 g/mol. The second-order valence-electron chi connectivity index (χ2n) is 4.92. The fourth-order valence-electron chi connectivity index (χ4n) is 2.17. The number of aliphatic hydroxyl groups excluding tert-OH is 1. The van der Waals surface area contributed by atoms with Gasteiger partial charge >= 0.3 is 0 Å². The van der Waals surface area contributed by atoms with Crippen LogP contribution < -0.4 is 11.1 Å². The lowest BCUT2D eigenvalue weighted by atomic mass is 10.0. The molecule has 0 radical (unpaired) electrons. The zero-order valence-electron chi connectivity index (χ0n) is 10.6. The summed E-state index contributed by atoms with van der Waals surface area (Å²) in [5, 5.41) is 15.9. The summed E-state index contributed by atoms with van der Waals surface area (Å²) < 4.78 is 1.59. The lowest BCUT2D eigenvalue weighted by Crippen LogP contribution is -2.32. The predicted octanol–water partition coefficient (Wildman–Crippen LogP) is 0.378. The van der Waals surface area contributed by atoms with E-state index in [-0.39, 0.29) is 17.9 Å². The van der Waals surface area contributed by atoms with Crippen LogP contribution in [0.4, 0.5) is 5.69 Å². The number of aryl methyl sites for hydroxylation is 1. The molecule has 0 aliphatic heterocycles. The monoisotopic (exact) mass is 252 g/mol. The molecule has 1 saturated carbocycles. The highest BCUT2D eigenvalue weighted by molar-refractivity contribution is 5.97. The number of aliphatic hydroxyl groups is 1. The van der Waals surface area contributed by atoms with Crippen molar-refractivity contribution in [2.45, 2.75) is 32.7 Å². The second kappa shape index (κ2) is 4.97. The molecule has 0 saturated heterocycles. The largest absolute Gasteiger partial charge is 0.396 e. The van der Waals surface area contributed by atoms with Crippen molar-refractivity contribution in [2.24, 2.45) is 5.41 Å². The molecule has 0 aromatic carbocycles. The first-order valence-electron chi connectivity index (χ1n) is 6.32. The number of hydrogen-bond acceptors (Lipinski definition) is 4. The van der Waals surface area contributed by atoms with Gasteiger partial charge in [0.1, 0.15) is 5.69 Å². The van der Waals surface area contributed by atoms with E-state index >= 15 is 0 Å². The third-order valence-corrected chi connectivity index (χ3v) is 3.61. The summed E-state index contributed by atoms with van der Waals surface area (Å²) in [6.45, 7) is 3.30. The van der Waals surface area contributed by atoms with Gasteiger partial charge in [-0.2, -0.15) is 5.10 Å². The number of anilines is 1. The Bertz CT molecular complexity index is 437. The Hall–Kier alpha value is -1.56. The van der Waals surface area contributed by atoms with Crippen LogP contribution in [0.15, 0.2) is 6.20 Å². The fraction of sp³-hybridized carbons (Fsp3) is 0.667. The molecule has 2 rings (SSSR count). The molecule has 18 heavy (non-hydrogen) atoms. The van der Waals surface area contributed by atoms with Crippen molar-refractivity contribution in [1.29, 1.82) is 0 Å². The number of nitrogens with one attached hydrogen (secondary N) is 1. The third-order valence-electron chi connectivity index (χ3n) is 3.61. The molecule has 0 unspecified atom stereocenters. The van der Waals surface area contributed by atoms with E-state index in [1.807, 2.05) is 6.92 Å². The number of nitrogen functional groups attached to an aromatic ring is 1. The van der Waals surface area contributed by atoms with Gasteiger partial charge in [0.2, 0.25) is 0 Å². The molecule has 1 aromatic rings. The average Bonchev–Trinajstić information content (AvgIpc) is 3.02. The highest BCUT2D eigenvalue weighted by Crippen LogP contribution is 2.47. The molecular weight excluding hydrogens is 232 g/mol. The SMILES string of the molecule is CCn1ncc(N)c1C(=O)NCC1(CCO)CC1. The summed E-state index contributed by atoms with van der Waals surface area (Å²) in [5.41, 5.74) is 6.69. The summed E-state index contributed by atoms with van der Waals surface area (Å²) >= 11 is 0.